The fourth-order valence-electron chi connectivity index (χ4n) is 2.43. The van der Waals surface area contributed by atoms with Crippen molar-refractivity contribution in [1.29, 1.82) is 0 Å². The van der Waals surface area contributed by atoms with Crippen LogP contribution in [-0.4, -0.2) is 35.1 Å². The van der Waals surface area contributed by atoms with Gasteiger partial charge in [0.1, 0.15) is 6.04 Å². The lowest BCUT2D eigenvalue weighted by molar-refractivity contribution is -0.147. The maximum absolute atomic E-state index is 11.3. The fraction of sp³-hybridized carbons (Fsp3) is 0.917. The summed E-state index contributed by atoms with van der Waals surface area (Å²) in [6.07, 6.45) is 4.76. The van der Waals surface area contributed by atoms with Crippen molar-refractivity contribution in [2.45, 2.75) is 52.5 Å². The Hall–Kier alpha value is -0.570. The van der Waals surface area contributed by atoms with Crippen LogP contribution in [0.2, 0.25) is 0 Å². The number of nitrogens with zero attached hydrogens (tertiary/aromatic N) is 1. The van der Waals surface area contributed by atoms with E-state index in [2.05, 4.69) is 4.90 Å². The van der Waals surface area contributed by atoms with E-state index < -0.39 is 5.97 Å². The number of carboxylic acid groups (broad SMARTS) is 1. The van der Waals surface area contributed by atoms with Crippen molar-refractivity contribution in [3.63, 3.8) is 0 Å². The molecule has 3 nitrogen and oxygen atoms in total. The first kappa shape index (κ1) is 12.5. The molecule has 1 aliphatic heterocycles. The van der Waals surface area contributed by atoms with Gasteiger partial charge >= 0.3 is 5.97 Å². The van der Waals surface area contributed by atoms with E-state index >= 15 is 0 Å². The minimum atomic E-state index is -0.676. The molecule has 1 atom stereocenters. The van der Waals surface area contributed by atoms with Crippen LogP contribution in [0.4, 0.5) is 0 Å². The molecule has 3 heteroatoms. The van der Waals surface area contributed by atoms with Gasteiger partial charge in [-0.3, -0.25) is 9.69 Å². The van der Waals surface area contributed by atoms with Gasteiger partial charge in [0.15, 0.2) is 0 Å². The Bertz CT molecular complexity index is 212. The number of hydrogen-bond donors (Lipinski definition) is 1. The number of carboxylic acids is 1. The number of hydrogen-bond acceptors (Lipinski definition) is 2. The molecule has 0 saturated carbocycles. The first-order valence-corrected chi connectivity index (χ1v) is 5.90. The van der Waals surface area contributed by atoms with Crippen LogP contribution in [0.3, 0.4) is 0 Å². The summed E-state index contributed by atoms with van der Waals surface area (Å²) in [6, 6.07) is -0.337. The second kappa shape index (κ2) is 4.97. The molecule has 1 heterocycles. The van der Waals surface area contributed by atoms with Gasteiger partial charge in [0.05, 0.1) is 0 Å². The lowest BCUT2D eigenvalue weighted by atomic mass is 9.85. The van der Waals surface area contributed by atoms with Gasteiger partial charge in [0.2, 0.25) is 0 Å². The lowest BCUT2D eigenvalue weighted by Gasteiger charge is -2.36. The van der Waals surface area contributed by atoms with E-state index in [9.17, 15) is 9.90 Å². The Morgan fingerprint density at radius 3 is 1.93 bits per heavy atom. The van der Waals surface area contributed by atoms with Crippen LogP contribution in [0.15, 0.2) is 0 Å². The average Bonchev–Trinajstić information content (AvgIpc) is 2.29. The maximum atomic E-state index is 11.3. The smallest absolute Gasteiger partial charge is 0.321 e. The van der Waals surface area contributed by atoms with Crippen molar-refractivity contribution < 1.29 is 9.90 Å². The van der Waals surface area contributed by atoms with E-state index in [1.807, 2.05) is 20.8 Å². The average molecular weight is 213 g/mol. The Morgan fingerprint density at radius 1 is 1.13 bits per heavy atom. The van der Waals surface area contributed by atoms with Crippen molar-refractivity contribution >= 4 is 5.97 Å². The molecule has 0 amide bonds. The molecule has 0 aliphatic carbocycles. The van der Waals surface area contributed by atoms with Crippen molar-refractivity contribution in [2.75, 3.05) is 13.1 Å². The molecule has 0 spiro atoms. The zero-order valence-electron chi connectivity index (χ0n) is 10.1. The van der Waals surface area contributed by atoms with Crippen LogP contribution in [0.1, 0.15) is 46.5 Å². The molecule has 88 valence electrons. The molecule has 1 saturated heterocycles. The summed E-state index contributed by atoms with van der Waals surface area (Å²) < 4.78 is 0. The predicted octanol–water partition coefficient (Wildman–Crippen LogP) is 2.36. The normalized spacial score (nSPS) is 22.1. The fourth-order valence-corrected chi connectivity index (χ4v) is 2.43. The van der Waals surface area contributed by atoms with Gasteiger partial charge in [0.25, 0.3) is 0 Å². The molecule has 0 aromatic rings. The van der Waals surface area contributed by atoms with Crippen LogP contribution in [-0.2, 0) is 4.79 Å². The molecule has 1 rings (SSSR count). The molecule has 1 aliphatic rings. The minimum absolute atomic E-state index is 0.184. The Morgan fingerprint density at radius 2 is 1.60 bits per heavy atom. The molecular weight excluding hydrogens is 190 g/mol. The summed E-state index contributed by atoms with van der Waals surface area (Å²) >= 11 is 0. The molecule has 0 radical (unpaired) electrons. The molecule has 1 fully saturated rings. The molecule has 15 heavy (non-hydrogen) atoms. The molecule has 0 aromatic carbocycles. The third kappa shape index (κ3) is 3.49. The van der Waals surface area contributed by atoms with Gasteiger partial charge in [-0.1, -0.05) is 33.6 Å². The van der Waals surface area contributed by atoms with Gasteiger partial charge in [-0.25, -0.2) is 0 Å². The van der Waals surface area contributed by atoms with Crippen LogP contribution in [0, 0.1) is 5.41 Å². The van der Waals surface area contributed by atoms with Crippen molar-refractivity contribution in [2.24, 2.45) is 5.41 Å². The summed E-state index contributed by atoms with van der Waals surface area (Å²) in [7, 11) is 0. The standard InChI is InChI=1S/C12H23NO2/c1-12(2,3)10(11(14)15)13-8-6-4-5-7-9-13/h10H,4-9H2,1-3H3,(H,14,15). The lowest BCUT2D eigenvalue weighted by Crippen LogP contribution is -2.49. The molecule has 0 bridgehead atoms. The highest BCUT2D eigenvalue weighted by Gasteiger charge is 2.36. The van der Waals surface area contributed by atoms with Gasteiger partial charge in [0, 0.05) is 0 Å². The first-order valence-electron chi connectivity index (χ1n) is 5.90. The molecule has 1 N–H and O–H groups in total. The van der Waals surface area contributed by atoms with Crippen LogP contribution in [0.25, 0.3) is 0 Å². The monoisotopic (exact) mass is 213 g/mol. The highest BCUT2D eigenvalue weighted by atomic mass is 16.4. The second-order valence-corrected chi connectivity index (χ2v) is 5.56. The summed E-state index contributed by atoms with van der Waals surface area (Å²) in [5.41, 5.74) is -0.184. The summed E-state index contributed by atoms with van der Waals surface area (Å²) in [5, 5.41) is 9.31. The van der Waals surface area contributed by atoms with Gasteiger partial charge in [-0.2, -0.15) is 0 Å². The highest BCUT2D eigenvalue weighted by Crippen LogP contribution is 2.26. The van der Waals surface area contributed by atoms with Gasteiger partial charge in [-0.15, -0.1) is 0 Å². The second-order valence-electron chi connectivity index (χ2n) is 5.56. The SMILES string of the molecule is CC(C)(C)C(C(=O)O)N1CCCCCC1. The topological polar surface area (TPSA) is 40.5 Å². The number of likely N-dealkylation sites (tertiary alicyclic amines) is 1. The summed E-state index contributed by atoms with van der Waals surface area (Å²) in [5.74, 6) is -0.676. The van der Waals surface area contributed by atoms with Crippen molar-refractivity contribution in [3.8, 4) is 0 Å². The quantitative estimate of drug-likeness (QED) is 0.765. The van der Waals surface area contributed by atoms with Crippen LogP contribution in [0.5, 0.6) is 0 Å². The molecular formula is C12H23NO2. The molecule has 1 unspecified atom stereocenters. The van der Waals surface area contributed by atoms with E-state index in [1.165, 1.54) is 12.8 Å². The Kier molecular flexibility index (Phi) is 4.14. The van der Waals surface area contributed by atoms with E-state index in [1.54, 1.807) is 0 Å². The number of rotatable bonds is 2. The van der Waals surface area contributed by atoms with Crippen LogP contribution >= 0.6 is 0 Å². The molecule has 0 aromatic heterocycles. The van der Waals surface area contributed by atoms with E-state index in [-0.39, 0.29) is 11.5 Å². The Labute approximate surface area is 92.5 Å². The highest BCUT2D eigenvalue weighted by molar-refractivity contribution is 5.74. The van der Waals surface area contributed by atoms with Crippen molar-refractivity contribution in [1.82, 2.24) is 4.90 Å². The van der Waals surface area contributed by atoms with Crippen LogP contribution < -0.4 is 0 Å². The summed E-state index contributed by atoms with van der Waals surface area (Å²) in [6.45, 7) is 7.91. The van der Waals surface area contributed by atoms with E-state index in [0.29, 0.717) is 0 Å². The van der Waals surface area contributed by atoms with Crippen molar-refractivity contribution in [3.05, 3.63) is 0 Å². The Balaban J connectivity index is 2.74. The van der Waals surface area contributed by atoms with E-state index in [4.69, 9.17) is 0 Å². The largest absolute Gasteiger partial charge is 0.480 e. The predicted molar refractivity (Wildman–Crippen MR) is 60.9 cm³/mol. The van der Waals surface area contributed by atoms with E-state index in [0.717, 1.165) is 25.9 Å². The van der Waals surface area contributed by atoms with Gasteiger partial charge in [-0.05, 0) is 31.3 Å². The van der Waals surface area contributed by atoms with Gasteiger partial charge < -0.3 is 5.11 Å². The first-order chi connectivity index (χ1) is 6.93. The summed E-state index contributed by atoms with van der Waals surface area (Å²) in [4.78, 5) is 13.5. The third-order valence-corrected chi connectivity index (χ3v) is 3.06. The number of carbonyl (C=O) groups is 1. The minimum Gasteiger partial charge on any atom is -0.480 e. The zero-order valence-corrected chi connectivity index (χ0v) is 10.1. The maximum Gasteiger partial charge on any atom is 0.321 e. The number of aliphatic carboxylic acids is 1. The zero-order chi connectivity index (χ0) is 11.5. The third-order valence-electron chi connectivity index (χ3n) is 3.06.